The standard InChI is InChI=1S/C18H13NO/c19-12-17-15-9-5-3-1-2-4-8-13(15)14-10-6-7-11-16(14)18(17)20/h2-11,20H,1H2/b4-2-,5-3-,13-8-,15-9+. The molecule has 0 bridgehead atoms. The number of aromatic hydroxyl groups is 1. The Morgan fingerprint density at radius 3 is 2.30 bits per heavy atom. The molecule has 2 aromatic carbocycles. The molecule has 0 amide bonds. The lowest BCUT2D eigenvalue weighted by molar-refractivity contribution is 0.479. The van der Waals surface area contributed by atoms with Gasteiger partial charge in [-0.15, -0.1) is 0 Å². The van der Waals surface area contributed by atoms with Crippen LogP contribution in [0.4, 0.5) is 0 Å². The fourth-order valence-corrected chi connectivity index (χ4v) is 2.50. The minimum Gasteiger partial charge on any atom is -0.506 e. The molecule has 0 atom stereocenters. The van der Waals surface area contributed by atoms with E-state index in [1.165, 1.54) is 0 Å². The lowest BCUT2D eigenvalue weighted by atomic mass is 9.99. The first-order valence-corrected chi connectivity index (χ1v) is 6.50. The van der Waals surface area contributed by atoms with E-state index in [-0.39, 0.29) is 5.75 Å². The van der Waals surface area contributed by atoms with E-state index < -0.39 is 0 Å². The minimum atomic E-state index is 0.0585. The predicted molar refractivity (Wildman–Crippen MR) is 81.4 cm³/mol. The van der Waals surface area contributed by atoms with Gasteiger partial charge in [-0.2, -0.15) is 5.26 Å². The van der Waals surface area contributed by atoms with E-state index >= 15 is 0 Å². The third-order valence-corrected chi connectivity index (χ3v) is 3.45. The third-order valence-electron chi connectivity index (χ3n) is 3.45. The number of phenolic OH excluding ortho intramolecular Hbond substituents is 1. The summed E-state index contributed by atoms with van der Waals surface area (Å²) in [7, 11) is 0. The first kappa shape index (κ1) is 12.3. The van der Waals surface area contributed by atoms with Gasteiger partial charge >= 0.3 is 0 Å². The Labute approximate surface area is 116 Å². The van der Waals surface area contributed by atoms with Crippen molar-refractivity contribution >= 4 is 22.9 Å². The van der Waals surface area contributed by atoms with E-state index in [4.69, 9.17) is 0 Å². The van der Waals surface area contributed by atoms with Crippen molar-refractivity contribution in [2.75, 3.05) is 0 Å². The average molecular weight is 259 g/mol. The quantitative estimate of drug-likeness (QED) is 0.790. The van der Waals surface area contributed by atoms with E-state index in [2.05, 4.69) is 12.1 Å². The van der Waals surface area contributed by atoms with Crippen molar-refractivity contribution in [3.63, 3.8) is 0 Å². The molecule has 0 unspecified atom stereocenters. The highest BCUT2D eigenvalue weighted by Crippen LogP contribution is 2.23. The lowest BCUT2D eigenvalue weighted by Crippen LogP contribution is -2.28. The van der Waals surface area contributed by atoms with Gasteiger partial charge in [-0.05, 0) is 17.0 Å². The van der Waals surface area contributed by atoms with Crippen LogP contribution in [0.2, 0.25) is 0 Å². The Morgan fingerprint density at radius 2 is 1.60 bits per heavy atom. The number of allylic oxidation sites excluding steroid dienone is 4. The molecule has 2 nitrogen and oxygen atoms in total. The van der Waals surface area contributed by atoms with Crippen LogP contribution < -0.4 is 10.4 Å². The Hall–Kier alpha value is -2.79. The Bertz CT molecular complexity index is 896. The summed E-state index contributed by atoms with van der Waals surface area (Å²) in [5.74, 6) is 0.0585. The summed E-state index contributed by atoms with van der Waals surface area (Å²) < 4.78 is 0. The maximum absolute atomic E-state index is 10.3. The molecule has 0 radical (unpaired) electrons. The first-order chi connectivity index (χ1) is 9.83. The number of hydrogen-bond acceptors (Lipinski definition) is 2. The van der Waals surface area contributed by atoms with Crippen molar-refractivity contribution in [1.29, 1.82) is 5.26 Å². The Balaban J connectivity index is 2.65. The van der Waals surface area contributed by atoms with E-state index in [9.17, 15) is 10.4 Å². The summed E-state index contributed by atoms with van der Waals surface area (Å²) in [6, 6.07) is 9.73. The van der Waals surface area contributed by atoms with Gasteiger partial charge in [-0.25, -0.2) is 0 Å². The summed E-state index contributed by atoms with van der Waals surface area (Å²) >= 11 is 0. The molecule has 0 heterocycles. The van der Waals surface area contributed by atoms with Gasteiger partial charge in [0.25, 0.3) is 0 Å². The van der Waals surface area contributed by atoms with Crippen molar-refractivity contribution in [3.8, 4) is 11.8 Å². The molecule has 1 N–H and O–H groups in total. The van der Waals surface area contributed by atoms with Gasteiger partial charge in [0.1, 0.15) is 17.4 Å². The van der Waals surface area contributed by atoms with Gasteiger partial charge in [-0.3, -0.25) is 0 Å². The smallest absolute Gasteiger partial charge is 0.141 e. The molecule has 20 heavy (non-hydrogen) atoms. The zero-order chi connectivity index (χ0) is 13.9. The zero-order valence-corrected chi connectivity index (χ0v) is 10.9. The summed E-state index contributed by atoms with van der Waals surface area (Å²) in [5, 5.41) is 23.1. The van der Waals surface area contributed by atoms with Crippen molar-refractivity contribution in [1.82, 2.24) is 0 Å². The van der Waals surface area contributed by atoms with Gasteiger partial charge in [0.05, 0.1) is 0 Å². The molecule has 0 spiro atoms. The predicted octanol–water partition coefficient (Wildman–Crippen LogP) is 2.49. The Kier molecular flexibility index (Phi) is 3.10. The van der Waals surface area contributed by atoms with Crippen LogP contribution in [-0.2, 0) is 0 Å². The van der Waals surface area contributed by atoms with Gasteiger partial charge in [0.15, 0.2) is 0 Å². The van der Waals surface area contributed by atoms with Crippen molar-refractivity contribution < 1.29 is 5.11 Å². The molecular weight excluding hydrogens is 246 g/mol. The average Bonchev–Trinajstić information content (AvgIpc) is 2.60. The van der Waals surface area contributed by atoms with Crippen LogP contribution in [-0.4, -0.2) is 5.11 Å². The SMILES string of the molecule is N#Cc1c(O)c2ccccc2c2/c1=C\C=C/C/C=C\C=2. The van der Waals surface area contributed by atoms with Crippen LogP contribution in [0.3, 0.4) is 0 Å². The number of phenols is 1. The lowest BCUT2D eigenvalue weighted by Gasteiger charge is -2.05. The molecule has 0 aromatic heterocycles. The van der Waals surface area contributed by atoms with E-state index in [1.54, 1.807) is 0 Å². The normalized spacial score (nSPS) is 19.9. The molecule has 96 valence electrons. The van der Waals surface area contributed by atoms with Crippen LogP contribution in [0.5, 0.6) is 5.75 Å². The highest BCUT2D eigenvalue weighted by molar-refractivity contribution is 5.91. The van der Waals surface area contributed by atoms with Crippen molar-refractivity contribution in [3.05, 3.63) is 64.6 Å². The number of benzene rings is 2. The van der Waals surface area contributed by atoms with Gasteiger partial charge < -0.3 is 5.11 Å². The van der Waals surface area contributed by atoms with Crippen molar-refractivity contribution in [2.45, 2.75) is 6.42 Å². The molecule has 1 aliphatic rings. The fraction of sp³-hybridized carbons (Fsp3) is 0.0556. The Morgan fingerprint density at radius 1 is 0.950 bits per heavy atom. The summed E-state index contributed by atoms with van der Waals surface area (Å²) in [6.07, 6.45) is 12.8. The molecule has 1 aliphatic carbocycles. The largest absolute Gasteiger partial charge is 0.506 e. The minimum absolute atomic E-state index is 0.0585. The number of fused-ring (bicyclic) bond motifs is 3. The monoisotopic (exact) mass is 259 g/mol. The van der Waals surface area contributed by atoms with Crippen molar-refractivity contribution in [2.24, 2.45) is 0 Å². The van der Waals surface area contributed by atoms with Crippen LogP contribution in [0, 0.1) is 11.3 Å². The van der Waals surface area contributed by atoms with Crippen LogP contribution in [0.15, 0.2) is 48.6 Å². The summed E-state index contributed by atoms with van der Waals surface area (Å²) in [6.45, 7) is 0. The highest BCUT2D eigenvalue weighted by Gasteiger charge is 2.10. The second-order valence-corrected chi connectivity index (χ2v) is 4.63. The molecule has 3 rings (SSSR count). The molecule has 2 aromatic rings. The van der Waals surface area contributed by atoms with Gasteiger partial charge in [-0.1, -0.05) is 60.7 Å². The topological polar surface area (TPSA) is 44.0 Å². The van der Waals surface area contributed by atoms with Gasteiger partial charge in [0.2, 0.25) is 0 Å². The number of hydrogen-bond donors (Lipinski definition) is 1. The molecule has 0 aliphatic heterocycles. The highest BCUT2D eigenvalue weighted by atomic mass is 16.3. The van der Waals surface area contributed by atoms with Crippen LogP contribution in [0.25, 0.3) is 22.9 Å². The third kappa shape index (κ3) is 1.90. The molecular formula is C18H13NO. The van der Waals surface area contributed by atoms with E-state index in [1.807, 2.05) is 54.6 Å². The maximum Gasteiger partial charge on any atom is 0.141 e. The van der Waals surface area contributed by atoms with Gasteiger partial charge in [0, 0.05) is 10.6 Å². The van der Waals surface area contributed by atoms with Crippen LogP contribution in [0.1, 0.15) is 12.0 Å². The van der Waals surface area contributed by atoms with E-state index in [0.717, 1.165) is 22.2 Å². The number of rotatable bonds is 0. The molecule has 0 saturated carbocycles. The summed E-state index contributed by atoms with van der Waals surface area (Å²) in [5.41, 5.74) is 0.329. The van der Waals surface area contributed by atoms with E-state index in [0.29, 0.717) is 10.9 Å². The van der Waals surface area contributed by atoms with Crippen LogP contribution >= 0.6 is 0 Å². The molecule has 0 saturated heterocycles. The second-order valence-electron chi connectivity index (χ2n) is 4.63. The maximum atomic E-state index is 10.3. The number of nitriles is 1. The zero-order valence-electron chi connectivity index (χ0n) is 10.9. The summed E-state index contributed by atoms with van der Waals surface area (Å²) in [4.78, 5) is 0. The number of nitrogens with zero attached hydrogens (tertiary/aromatic N) is 1. The second kappa shape index (κ2) is 5.07. The fourth-order valence-electron chi connectivity index (χ4n) is 2.50. The molecule has 0 fully saturated rings. The first-order valence-electron chi connectivity index (χ1n) is 6.50. The molecule has 2 heteroatoms.